The SMILES string of the molecule is CCOC(=O)CC1(S(=O)(=O)N[C@H](C(=O)O)c2ccccc2)CC1. The first-order chi connectivity index (χ1) is 10.8. The smallest absolute Gasteiger partial charge is 0.326 e. The van der Waals surface area contributed by atoms with Crippen LogP contribution in [-0.2, 0) is 24.3 Å². The van der Waals surface area contributed by atoms with E-state index in [2.05, 4.69) is 4.72 Å². The number of carbonyl (C=O) groups excluding carboxylic acids is 1. The van der Waals surface area contributed by atoms with E-state index in [0.717, 1.165) is 0 Å². The number of nitrogens with one attached hydrogen (secondary N) is 1. The van der Waals surface area contributed by atoms with Crippen molar-refractivity contribution in [1.82, 2.24) is 4.72 Å². The molecule has 0 aromatic heterocycles. The molecule has 0 heterocycles. The van der Waals surface area contributed by atoms with Crippen LogP contribution in [-0.4, -0.2) is 36.8 Å². The Labute approximate surface area is 134 Å². The molecule has 2 N–H and O–H groups in total. The summed E-state index contributed by atoms with van der Waals surface area (Å²) < 4.78 is 30.9. The maximum atomic E-state index is 12.6. The minimum Gasteiger partial charge on any atom is -0.480 e. The lowest BCUT2D eigenvalue weighted by Gasteiger charge is -2.20. The van der Waals surface area contributed by atoms with Crippen molar-refractivity contribution in [3.8, 4) is 0 Å². The van der Waals surface area contributed by atoms with Crippen LogP contribution < -0.4 is 4.72 Å². The van der Waals surface area contributed by atoms with Gasteiger partial charge in [-0.2, -0.15) is 4.72 Å². The Bertz CT molecular complexity index is 681. The van der Waals surface area contributed by atoms with Crippen LogP contribution in [0, 0.1) is 0 Å². The van der Waals surface area contributed by atoms with Crippen molar-refractivity contribution in [2.24, 2.45) is 0 Å². The molecule has 1 aromatic rings. The van der Waals surface area contributed by atoms with Crippen molar-refractivity contribution in [1.29, 1.82) is 0 Å². The fourth-order valence-corrected chi connectivity index (χ4v) is 4.09. The molecule has 0 amide bonds. The Morgan fingerprint density at radius 3 is 2.39 bits per heavy atom. The fraction of sp³-hybridized carbons (Fsp3) is 0.467. The van der Waals surface area contributed by atoms with Crippen LogP contribution >= 0.6 is 0 Å². The number of rotatable bonds is 8. The van der Waals surface area contributed by atoms with Crippen LogP contribution in [0.15, 0.2) is 30.3 Å². The van der Waals surface area contributed by atoms with Gasteiger partial charge in [-0.1, -0.05) is 30.3 Å². The number of carboxylic acids is 1. The zero-order valence-electron chi connectivity index (χ0n) is 12.7. The van der Waals surface area contributed by atoms with Gasteiger partial charge in [0.2, 0.25) is 10.0 Å². The summed E-state index contributed by atoms with van der Waals surface area (Å²) in [6.07, 6.45) is 0.349. The molecule has 1 fully saturated rings. The zero-order chi connectivity index (χ0) is 17.1. The van der Waals surface area contributed by atoms with E-state index in [4.69, 9.17) is 4.74 Å². The largest absolute Gasteiger partial charge is 0.480 e. The molecule has 1 aliphatic rings. The van der Waals surface area contributed by atoms with Gasteiger partial charge in [0, 0.05) is 0 Å². The minimum absolute atomic E-state index is 0.171. The summed E-state index contributed by atoms with van der Waals surface area (Å²) in [6.45, 7) is 1.81. The van der Waals surface area contributed by atoms with Crippen molar-refractivity contribution in [3.63, 3.8) is 0 Å². The Kier molecular flexibility index (Phi) is 5.06. The lowest BCUT2D eigenvalue weighted by molar-refractivity contribution is -0.143. The number of aliphatic carboxylic acids is 1. The van der Waals surface area contributed by atoms with Crippen molar-refractivity contribution in [3.05, 3.63) is 35.9 Å². The van der Waals surface area contributed by atoms with Gasteiger partial charge in [0.25, 0.3) is 0 Å². The van der Waals surface area contributed by atoms with Gasteiger partial charge in [-0.05, 0) is 25.3 Å². The van der Waals surface area contributed by atoms with Gasteiger partial charge in [-0.15, -0.1) is 0 Å². The lowest BCUT2D eigenvalue weighted by Crippen LogP contribution is -2.42. The number of sulfonamides is 1. The summed E-state index contributed by atoms with van der Waals surface area (Å²) in [5.74, 6) is -1.89. The van der Waals surface area contributed by atoms with E-state index in [1.54, 1.807) is 25.1 Å². The Morgan fingerprint density at radius 2 is 1.91 bits per heavy atom. The van der Waals surface area contributed by atoms with E-state index in [0.29, 0.717) is 18.4 Å². The third-order valence-electron chi connectivity index (χ3n) is 3.80. The van der Waals surface area contributed by atoms with Crippen LogP contribution in [0.5, 0.6) is 0 Å². The monoisotopic (exact) mass is 341 g/mol. The third kappa shape index (κ3) is 3.89. The summed E-state index contributed by atoms with van der Waals surface area (Å²) in [5, 5.41) is 9.32. The molecule has 2 rings (SSSR count). The molecular formula is C15H19NO6S. The van der Waals surface area contributed by atoms with E-state index >= 15 is 0 Å². The molecular weight excluding hydrogens is 322 g/mol. The third-order valence-corrected chi connectivity index (χ3v) is 6.04. The van der Waals surface area contributed by atoms with E-state index < -0.39 is 32.8 Å². The van der Waals surface area contributed by atoms with E-state index in [-0.39, 0.29) is 13.0 Å². The maximum absolute atomic E-state index is 12.6. The first kappa shape index (κ1) is 17.4. The molecule has 23 heavy (non-hydrogen) atoms. The fourth-order valence-electron chi connectivity index (χ4n) is 2.34. The van der Waals surface area contributed by atoms with Crippen molar-refractivity contribution in [2.75, 3.05) is 6.61 Å². The van der Waals surface area contributed by atoms with E-state index in [1.807, 2.05) is 0 Å². The molecule has 7 nitrogen and oxygen atoms in total. The van der Waals surface area contributed by atoms with Gasteiger partial charge >= 0.3 is 11.9 Å². The topological polar surface area (TPSA) is 110 Å². The molecule has 0 radical (unpaired) electrons. The standard InChI is InChI=1S/C15H19NO6S/c1-2-22-12(17)10-15(8-9-15)23(20,21)16-13(14(18)19)11-6-4-3-5-7-11/h3-7,13,16H,2,8-10H2,1H3,(H,18,19)/t13-/m0/s1. The molecule has 0 aliphatic heterocycles. The number of esters is 1. The van der Waals surface area contributed by atoms with Gasteiger partial charge in [0.1, 0.15) is 6.04 Å². The summed E-state index contributed by atoms with van der Waals surface area (Å²) in [5.41, 5.74) is 0.329. The molecule has 1 aromatic carbocycles. The minimum atomic E-state index is -3.99. The van der Waals surface area contributed by atoms with Gasteiger partial charge in [0.05, 0.1) is 17.8 Å². The Morgan fingerprint density at radius 1 is 1.30 bits per heavy atom. The predicted octanol–water partition coefficient (Wildman–Crippen LogP) is 1.22. The molecule has 0 unspecified atom stereocenters. The van der Waals surface area contributed by atoms with Gasteiger partial charge in [-0.25, -0.2) is 8.42 Å². The highest BCUT2D eigenvalue weighted by Gasteiger charge is 2.57. The Balaban J connectivity index is 2.19. The van der Waals surface area contributed by atoms with Crippen LogP contribution in [0.3, 0.4) is 0 Å². The highest BCUT2D eigenvalue weighted by atomic mass is 32.2. The average molecular weight is 341 g/mol. The molecule has 1 atom stereocenters. The van der Waals surface area contributed by atoms with Crippen LogP contribution in [0.25, 0.3) is 0 Å². The Hall–Kier alpha value is -1.93. The predicted molar refractivity (Wildman–Crippen MR) is 82.1 cm³/mol. The molecule has 0 spiro atoms. The number of hydrogen-bond donors (Lipinski definition) is 2. The first-order valence-electron chi connectivity index (χ1n) is 7.26. The van der Waals surface area contributed by atoms with E-state index in [1.165, 1.54) is 12.1 Å². The van der Waals surface area contributed by atoms with Crippen molar-refractivity contribution < 1.29 is 27.9 Å². The molecule has 0 saturated heterocycles. The summed E-state index contributed by atoms with van der Waals surface area (Å²) >= 11 is 0. The molecule has 126 valence electrons. The zero-order valence-corrected chi connectivity index (χ0v) is 13.5. The second kappa shape index (κ2) is 6.67. The van der Waals surface area contributed by atoms with Gasteiger partial charge < -0.3 is 9.84 Å². The number of benzene rings is 1. The average Bonchev–Trinajstić information content (AvgIpc) is 3.27. The summed E-state index contributed by atoms with van der Waals surface area (Å²) in [7, 11) is -3.99. The van der Waals surface area contributed by atoms with Crippen LogP contribution in [0.4, 0.5) is 0 Å². The van der Waals surface area contributed by atoms with Crippen LogP contribution in [0.2, 0.25) is 0 Å². The normalized spacial score (nSPS) is 17.3. The first-order valence-corrected chi connectivity index (χ1v) is 8.75. The second-order valence-corrected chi connectivity index (χ2v) is 7.58. The summed E-state index contributed by atoms with van der Waals surface area (Å²) in [4.78, 5) is 23.0. The van der Waals surface area contributed by atoms with Crippen molar-refractivity contribution in [2.45, 2.75) is 37.0 Å². The second-order valence-electron chi connectivity index (χ2n) is 5.47. The lowest BCUT2D eigenvalue weighted by atomic mass is 10.1. The quantitative estimate of drug-likeness (QED) is 0.688. The highest BCUT2D eigenvalue weighted by Crippen LogP contribution is 2.46. The molecule has 1 aliphatic carbocycles. The molecule has 8 heteroatoms. The maximum Gasteiger partial charge on any atom is 0.326 e. The molecule has 0 bridgehead atoms. The molecule has 1 saturated carbocycles. The van der Waals surface area contributed by atoms with Gasteiger partial charge in [-0.3, -0.25) is 9.59 Å². The number of carboxylic acid groups (broad SMARTS) is 1. The van der Waals surface area contributed by atoms with Crippen molar-refractivity contribution >= 4 is 22.0 Å². The number of ether oxygens (including phenoxy) is 1. The van der Waals surface area contributed by atoms with Gasteiger partial charge in [0.15, 0.2) is 0 Å². The van der Waals surface area contributed by atoms with E-state index in [9.17, 15) is 23.1 Å². The number of carbonyl (C=O) groups is 2. The van der Waals surface area contributed by atoms with Crippen LogP contribution in [0.1, 0.15) is 37.8 Å². The highest BCUT2D eigenvalue weighted by molar-refractivity contribution is 7.91. The number of hydrogen-bond acceptors (Lipinski definition) is 5. The summed E-state index contributed by atoms with van der Waals surface area (Å²) in [6, 6.07) is 6.65.